The molecule has 1 fully saturated rings. The molecule has 0 bridgehead atoms. The molecule has 0 aliphatic carbocycles. The van der Waals surface area contributed by atoms with E-state index < -0.39 is 51.8 Å². The molecule has 3 atom stereocenters. The average Bonchev–Trinajstić information content (AvgIpc) is 4.02. The monoisotopic (exact) mass is 979 g/mol. The topological polar surface area (TPSA) is 209 Å². The van der Waals surface area contributed by atoms with Crippen molar-refractivity contribution in [3.63, 3.8) is 0 Å². The highest BCUT2D eigenvalue weighted by atomic mass is 32.2. The summed E-state index contributed by atoms with van der Waals surface area (Å²) in [5, 5.41) is 14.9. The predicted molar refractivity (Wildman–Crippen MR) is 264 cm³/mol. The van der Waals surface area contributed by atoms with Gasteiger partial charge in [0, 0.05) is 55.5 Å². The van der Waals surface area contributed by atoms with E-state index in [1.807, 2.05) is 110 Å². The van der Waals surface area contributed by atoms with E-state index >= 15 is 0 Å². The molecule has 1 saturated heterocycles. The Morgan fingerprint density at radius 1 is 0.817 bits per heavy atom. The lowest BCUT2D eigenvalue weighted by molar-refractivity contribution is -0.384. The van der Waals surface area contributed by atoms with Crippen molar-refractivity contribution in [2.75, 3.05) is 51.7 Å². The van der Waals surface area contributed by atoms with Crippen LogP contribution >= 0.6 is 0 Å². The number of nitro groups is 1. The number of aromatic nitrogens is 4. The smallest absolute Gasteiger partial charge is 0.412 e. The molecule has 6 aromatic carbocycles. The maximum atomic E-state index is 14.4. The first-order chi connectivity index (χ1) is 34.4. The normalized spacial score (nSPS) is 15.9. The maximum Gasteiger partial charge on any atom is 0.412 e. The van der Waals surface area contributed by atoms with Crippen molar-refractivity contribution in [1.82, 2.24) is 19.5 Å². The predicted octanol–water partition coefficient (Wildman–Crippen LogP) is 8.83. The van der Waals surface area contributed by atoms with Crippen LogP contribution in [-0.4, -0.2) is 92.7 Å². The lowest BCUT2D eigenvalue weighted by Gasteiger charge is -2.39. The molecule has 1 amide bonds. The van der Waals surface area contributed by atoms with Crippen LogP contribution in [0.25, 0.3) is 21.9 Å². The highest BCUT2D eigenvalue weighted by molar-refractivity contribution is 7.87. The Balaban J connectivity index is 1.06. The van der Waals surface area contributed by atoms with Crippen LogP contribution in [0.5, 0.6) is 11.5 Å². The van der Waals surface area contributed by atoms with E-state index in [4.69, 9.17) is 27.9 Å². The summed E-state index contributed by atoms with van der Waals surface area (Å²) in [4.78, 5) is 38.9. The van der Waals surface area contributed by atoms with Gasteiger partial charge in [0.25, 0.3) is 15.8 Å². The van der Waals surface area contributed by atoms with Crippen molar-refractivity contribution < 1.29 is 46.0 Å². The number of nitrogens with one attached hydrogen (secondary N) is 1. The molecule has 0 spiro atoms. The molecular weight excluding hydrogens is 931 g/mol. The summed E-state index contributed by atoms with van der Waals surface area (Å²) < 4.78 is 67.4. The molecule has 9 rings (SSSR count). The molecule has 1 aliphatic rings. The van der Waals surface area contributed by atoms with Crippen molar-refractivity contribution in [2.24, 2.45) is 0 Å². The van der Waals surface area contributed by atoms with Gasteiger partial charge >= 0.3 is 6.09 Å². The van der Waals surface area contributed by atoms with Gasteiger partial charge in [0.2, 0.25) is 0 Å². The number of hydrogen-bond acceptors (Lipinski definition) is 15. The van der Waals surface area contributed by atoms with Gasteiger partial charge in [-0.15, -0.1) is 0 Å². The third-order valence-corrected chi connectivity index (χ3v) is 13.7. The zero-order chi connectivity index (χ0) is 49.7. The van der Waals surface area contributed by atoms with E-state index in [-0.39, 0.29) is 34.9 Å². The van der Waals surface area contributed by atoms with E-state index in [2.05, 4.69) is 20.3 Å². The van der Waals surface area contributed by atoms with Crippen LogP contribution in [0.2, 0.25) is 0 Å². The van der Waals surface area contributed by atoms with Gasteiger partial charge in [-0.1, -0.05) is 91.0 Å². The molecule has 3 heterocycles. The fraction of sp³-hybridized carbons (Fsp3) is 0.231. The molecule has 364 valence electrons. The van der Waals surface area contributed by atoms with Gasteiger partial charge < -0.3 is 28.6 Å². The van der Waals surface area contributed by atoms with E-state index in [0.29, 0.717) is 29.0 Å². The quantitative estimate of drug-likeness (QED) is 0.0369. The van der Waals surface area contributed by atoms with Gasteiger partial charge in [-0.05, 0) is 58.7 Å². The Labute approximate surface area is 409 Å². The number of ether oxygens (including phenoxy) is 5. The Morgan fingerprint density at radius 3 is 2.11 bits per heavy atom. The molecule has 19 heteroatoms. The summed E-state index contributed by atoms with van der Waals surface area (Å²) in [6.45, 7) is -0.457. The Hall–Kier alpha value is -7.97. The highest BCUT2D eigenvalue weighted by Crippen LogP contribution is 2.46. The Bertz CT molecular complexity index is 3240. The highest BCUT2D eigenvalue weighted by Gasteiger charge is 2.47. The van der Waals surface area contributed by atoms with E-state index in [0.717, 1.165) is 33.3 Å². The van der Waals surface area contributed by atoms with Gasteiger partial charge in [0.15, 0.2) is 17.0 Å². The number of imidazole rings is 1. The summed E-state index contributed by atoms with van der Waals surface area (Å²) in [7, 11) is 2.57. The number of rotatable bonds is 18. The van der Waals surface area contributed by atoms with Crippen LogP contribution in [0.3, 0.4) is 0 Å². The number of benzene rings is 6. The van der Waals surface area contributed by atoms with Gasteiger partial charge in [0.1, 0.15) is 40.7 Å². The molecule has 2 aromatic heterocycles. The lowest BCUT2D eigenvalue weighted by Crippen LogP contribution is -2.41. The molecule has 8 aromatic rings. The van der Waals surface area contributed by atoms with Crippen LogP contribution in [0.4, 0.5) is 22.0 Å². The minimum atomic E-state index is -4.40. The van der Waals surface area contributed by atoms with Gasteiger partial charge in [-0.3, -0.25) is 24.2 Å². The molecule has 18 nitrogen and oxygen atoms in total. The SMILES string of the molecule is COc1ccc(C(O[C@H]2C[C@H](n3cnc4c(NC(=O)OCCc5ccc([N+](=O)[O-])cc5)ncnc43)O[C@@H]2COS(=O)(=O)c2cccc3c(N(C)C)cccc23)(c2ccccc2)c2ccc(OC)cc2)cc1. The third kappa shape index (κ3) is 9.93. The first kappa shape index (κ1) is 48.1. The fourth-order valence-electron chi connectivity index (χ4n) is 8.83. The lowest BCUT2D eigenvalue weighted by atomic mass is 9.79. The number of amides is 1. The number of hydrogen-bond donors (Lipinski definition) is 1. The molecule has 1 N–H and O–H groups in total. The number of nitro benzene ring substituents is 1. The number of carbonyl (C=O) groups is 1. The van der Waals surface area contributed by atoms with Crippen molar-refractivity contribution in [1.29, 1.82) is 0 Å². The molecule has 71 heavy (non-hydrogen) atoms. The zero-order valence-corrected chi connectivity index (χ0v) is 39.9. The number of nitrogens with zero attached hydrogens (tertiary/aromatic N) is 6. The third-order valence-electron chi connectivity index (χ3n) is 12.3. The van der Waals surface area contributed by atoms with Gasteiger partial charge in [0.05, 0.1) is 44.8 Å². The van der Waals surface area contributed by atoms with Crippen molar-refractivity contribution in [3.05, 3.63) is 185 Å². The first-order valence-corrected chi connectivity index (χ1v) is 23.9. The molecule has 1 aliphatic heterocycles. The minimum Gasteiger partial charge on any atom is -0.497 e. The second-order valence-corrected chi connectivity index (χ2v) is 18.4. The van der Waals surface area contributed by atoms with Crippen LogP contribution in [0.15, 0.2) is 157 Å². The zero-order valence-electron chi connectivity index (χ0n) is 39.1. The second kappa shape index (κ2) is 20.6. The molecular formula is C52H49N7O11S. The molecule has 0 radical (unpaired) electrons. The summed E-state index contributed by atoms with van der Waals surface area (Å²) >= 11 is 0. The van der Waals surface area contributed by atoms with E-state index in [9.17, 15) is 23.3 Å². The van der Waals surface area contributed by atoms with E-state index in [1.54, 1.807) is 49.1 Å². The summed E-state index contributed by atoms with van der Waals surface area (Å²) in [6, 6.07) is 41.3. The van der Waals surface area contributed by atoms with Crippen LogP contribution in [0, 0.1) is 10.1 Å². The summed E-state index contributed by atoms with van der Waals surface area (Å²) in [5.41, 5.74) is 3.01. The number of anilines is 2. The summed E-state index contributed by atoms with van der Waals surface area (Å²) in [5.74, 6) is 1.34. The minimum absolute atomic E-state index is 0.00280. The van der Waals surface area contributed by atoms with Crippen molar-refractivity contribution in [3.8, 4) is 11.5 Å². The van der Waals surface area contributed by atoms with Crippen LogP contribution in [0.1, 0.15) is 34.9 Å². The largest absolute Gasteiger partial charge is 0.497 e. The average molecular weight is 980 g/mol. The number of carbonyl (C=O) groups excluding carboxylic acids is 1. The molecule has 0 saturated carbocycles. The first-order valence-electron chi connectivity index (χ1n) is 22.5. The Kier molecular flexibility index (Phi) is 13.9. The van der Waals surface area contributed by atoms with Crippen molar-refractivity contribution in [2.45, 2.75) is 41.8 Å². The number of non-ortho nitro benzene ring substituents is 1. The van der Waals surface area contributed by atoms with Crippen LogP contribution < -0.4 is 19.7 Å². The molecule has 0 unspecified atom stereocenters. The maximum absolute atomic E-state index is 14.4. The fourth-order valence-corrected chi connectivity index (χ4v) is 9.96. The standard InChI is InChI=1S/C52H49N7O11S/c1-57(2)43-14-8-13-42-41(43)12-9-15-46(42)71(63,64)68-31-45-44(70-52(35-10-6-5-7-11-35,36-18-24-39(65-3)25-19-36)37-20-26-40(66-4)27-21-37)30-47(69-45)58-33-55-48-49(53-32-54-50(48)58)56-51(60)67-29-28-34-16-22-38(23-17-34)59(61)62/h5-27,32-33,44-45,47H,28-31H2,1-4H3,(H,53,54,56,60)/t44-,45+,47+/m0/s1. The van der Waals surface area contributed by atoms with E-state index in [1.165, 1.54) is 30.9 Å². The Morgan fingerprint density at radius 2 is 1.46 bits per heavy atom. The van der Waals surface area contributed by atoms with Crippen LogP contribution in [-0.2, 0) is 40.5 Å². The van der Waals surface area contributed by atoms with Gasteiger partial charge in [-0.25, -0.2) is 19.7 Å². The number of fused-ring (bicyclic) bond motifs is 2. The second-order valence-electron chi connectivity index (χ2n) is 16.8. The number of methoxy groups -OCH3 is 2. The van der Waals surface area contributed by atoms with Crippen molar-refractivity contribution >= 4 is 55.3 Å². The summed E-state index contributed by atoms with van der Waals surface area (Å²) in [6.07, 6.45) is -0.292. The van der Waals surface area contributed by atoms with Gasteiger partial charge in [-0.2, -0.15) is 8.42 Å².